The number of nitrogens with zero attached hydrogens (tertiary/aromatic N) is 4. The van der Waals surface area contributed by atoms with Crippen LogP contribution in [0.5, 0.6) is 0 Å². The molecule has 3 aliphatic heterocycles. The molecule has 21 nitrogen and oxygen atoms in total. The highest BCUT2D eigenvalue weighted by atomic mass is 16.6. The molecule has 21 heteroatoms. The standard InChI is InChI=1S/C56H87N7O14/c1-14-33(8)45-43(65)29-44(66)77-48(32(6)7)47(67)34(9)49(68)57-38(26-30(2)3)53(72)63-25-19-23-40(63)55(74)61(13)42(28-37-20-16-15-17-21-37)56(75)76-36(11)46(51(70)58-45)59-50(69)41(27-31(4)5)60(12)54(73)39-22-18-24-62(39)52(71)35(10)64/h15-17,20-21,30-36,38-43,45-46,48,64-65H,14,18-19,22-29H2,1-13H3,(H,57,68)(H,58,70)(H,59,69)/t33-,34-,35-,36+,38?,39-,40-,41+,42?,43-,45?,46?,48?/m0/s1. The van der Waals surface area contributed by atoms with E-state index in [1.165, 1.54) is 54.5 Å². The normalized spacial score (nSPS) is 28.1. The Morgan fingerprint density at radius 3 is 2.06 bits per heavy atom. The van der Waals surface area contributed by atoms with Gasteiger partial charge in [-0.1, -0.05) is 92.1 Å². The number of aliphatic hydroxyl groups is 2. The quantitative estimate of drug-likeness (QED) is 0.132. The molecule has 0 radical (unpaired) electrons. The Morgan fingerprint density at radius 2 is 1.48 bits per heavy atom. The molecule has 3 heterocycles. The van der Waals surface area contributed by atoms with Crippen molar-refractivity contribution in [1.29, 1.82) is 0 Å². The summed E-state index contributed by atoms with van der Waals surface area (Å²) >= 11 is 0. The van der Waals surface area contributed by atoms with E-state index in [4.69, 9.17) is 9.47 Å². The molecule has 13 atom stereocenters. The molecule has 3 aliphatic rings. The first-order valence-corrected chi connectivity index (χ1v) is 27.5. The van der Waals surface area contributed by atoms with Gasteiger partial charge in [0, 0.05) is 33.6 Å². The second-order valence-corrected chi connectivity index (χ2v) is 22.6. The van der Waals surface area contributed by atoms with Crippen LogP contribution in [-0.4, -0.2) is 183 Å². The summed E-state index contributed by atoms with van der Waals surface area (Å²) in [6.07, 6.45) is -4.82. The van der Waals surface area contributed by atoms with E-state index in [0.29, 0.717) is 24.8 Å². The maximum Gasteiger partial charge on any atom is 0.329 e. The second kappa shape index (κ2) is 28.6. The fourth-order valence-electron chi connectivity index (χ4n) is 10.4. The van der Waals surface area contributed by atoms with Gasteiger partial charge in [0.15, 0.2) is 11.9 Å². The van der Waals surface area contributed by atoms with E-state index >= 15 is 0 Å². The number of rotatable bonds is 14. The maximum atomic E-state index is 15.0. The Bertz CT molecular complexity index is 2260. The highest BCUT2D eigenvalue weighted by Crippen LogP contribution is 2.27. The van der Waals surface area contributed by atoms with Crippen LogP contribution in [-0.2, 0) is 63.8 Å². The third-order valence-electron chi connectivity index (χ3n) is 15.2. The van der Waals surface area contributed by atoms with Crippen LogP contribution in [0.2, 0.25) is 0 Å². The van der Waals surface area contributed by atoms with E-state index in [1.54, 1.807) is 58.0 Å². The van der Waals surface area contributed by atoms with Crippen LogP contribution in [0.15, 0.2) is 30.3 Å². The SMILES string of the molecule is CC[C@H](C)C1NC(=O)C(NC(=O)[C@@H](CC(C)C)N(C)C(=O)[C@@H]2CCCN2C(=O)[C@H](C)O)[C@@H](C)OC(=O)C(Cc2ccccc2)N(C)C(=O)[C@@H]2CCCN2C(=O)C(CC(C)C)NC(=O)[C@@H](C)C(=O)C(C(C)C)OC(=O)C[C@@H]1O. The van der Waals surface area contributed by atoms with Crippen molar-refractivity contribution in [3.8, 4) is 0 Å². The Morgan fingerprint density at radius 1 is 0.844 bits per heavy atom. The molecule has 7 amide bonds. The van der Waals surface area contributed by atoms with E-state index in [2.05, 4.69) is 16.0 Å². The number of nitrogens with one attached hydrogen (secondary N) is 3. The second-order valence-electron chi connectivity index (χ2n) is 22.6. The number of Topliss-reactive ketones (excluding diaryl/α,β-unsaturated/α-hetero) is 1. The van der Waals surface area contributed by atoms with E-state index in [9.17, 15) is 58.2 Å². The van der Waals surface area contributed by atoms with Gasteiger partial charge in [-0.25, -0.2) is 4.79 Å². The zero-order chi connectivity index (χ0) is 57.7. The van der Waals surface area contributed by atoms with Crippen molar-refractivity contribution in [2.75, 3.05) is 27.2 Å². The molecule has 3 fully saturated rings. The summed E-state index contributed by atoms with van der Waals surface area (Å²) in [5.41, 5.74) is 0.633. The van der Waals surface area contributed by atoms with Gasteiger partial charge in [-0.15, -0.1) is 0 Å². The third-order valence-corrected chi connectivity index (χ3v) is 15.2. The van der Waals surface area contributed by atoms with E-state index in [0.717, 1.165) is 0 Å². The van der Waals surface area contributed by atoms with Gasteiger partial charge in [-0.3, -0.25) is 43.2 Å². The Balaban J connectivity index is 1.87. The van der Waals surface area contributed by atoms with E-state index < -0.39 is 150 Å². The van der Waals surface area contributed by atoms with Gasteiger partial charge >= 0.3 is 11.9 Å². The molecule has 1 aromatic carbocycles. The van der Waals surface area contributed by atoms with Gasteiger partial charge in [-0.2, -0.15) is 0 Å². The van der Waals surface area contributed by atoms with Crippen LogP contribution in [0.3, 0.4) is 0 Å². The molecule has 5 N–H and O–H groups in total. The van der Waals surface area contributed by atoms with Gasteiger partial charge in [-0.05, 0) is 88.5 Å². The first-order chi connectivity index (χ1) is 36.1. The minimum atomic E-state index is -1.74. The molecule has 77 heavy (non-hydrogen) atoms. The van der Waals surface area contributed by atoms with Crippen LogP contribution in [0.4, 0.5) is 0 Å². The molecule has 4 rings (SSSR count). The summed E-state index contributed by atoms with van der Waals surface area (Å²) in [6.45, 7) is 18.5. The van der Waals surface area contributed by atoms with Gasteiger partial charge in [0.2, 0.25) is 35.4 Å². The third kappa shape index (κ3) is 16.5. The summed E-state index contributed by atoms with van der Waals surface area (Å²) in [5.74, 6) is -10.6. The van der Waals surface area contributed by atoms with E-state index in [1.807, 2.05) is 27.7 Å². The summed E-state index contributed by atoms with van der Waals surface area (Å²) in [6, 6.07) is 0.00586. The van der Waals surface area contributed by atoms with Gasteiger partial charge in [0.25, 0.3) is 5.91 Å². The molecule has 0 bridgehead atoms. The number of ketones is 1. The summed E-state index contributed by atoms with van der Waals surface area (Å²) in [7, 11) is 2.82. The summed E-state index contributed by atoms with van der Waals surface area (Å²) in [4.78, 5) is 148. The predicted molar refractivity (Wildman–Crippen MR) is 284 cm³/mol. The summed E-state index contributed by atoms with van der Waals surface area (Å²) in [5, 5.41) is 30.2. The van der Waals surface area contributed by atoms with Crippen molar-refractivity contribution in [3.63, 3.8) is 0 Å². The molecule has 0 aliphatic carbocycles. The molecule has 5 unspecified atom stereocenters. The molecular weight excluding hydrogens is 995 g/mol. The minimum absolute atomic E-state index is 0.0780. The lowest BCUT2D eigenvalue weighted by molar-refractivity contribution is -0.163. The Hall–Kier alpha value is -5.96. The number of carbonyl (C=O) groups is 10. The van der Waals surface area contributed by atoms with Gasteiger partial charge in [0.05, 0.1) is 24.5 Å². The largest absolute Gasteiger partial charge is 0.458 e. The van der Waals surface area contributed by atoms with Crippen molar-refractivity contribution in [3.05, 3.63) is 35.9 Å². The Labute approximate surface area is 454 Å². The number of cyclic esters (lactones) is 2. The van der Waals surface area contributed by atoms with Crippen LogP contribution in [0.25, 0.3) is 0 Å². The number of carbonyl (C=O) groups excluding carboxylic acids is 10. The van der Waals surface area contributed by atoms with Crippen LogP contribution in [0, 0.1) is 29.6 Å². The smallest absolute Gasteiger partial charge is 0.329 e. The Kier molecular flexibility index (Phi) is 23.6. The number of amides is 7. The van der Waals surface area contributed by atoms with E-state index in [-0.39, 0.29) is 57.0 Å². The minimum Gasteiger partial charge on any atom is -0.458 e. The van der Waals surface area contributed by atoms with Crippen molar-refractivity contribution >= 4 is 59.1 Å². The zero-order valence-electron chi connectivity index (χ0n) is 47.5. The van der Waals surface area contributed by atoms with Crippen molar-refractivity contribution in [2.45, 2.75) is 201 Å². The lowest BCUT2D eigenvalue weighted by atomic mass is 9.91. The average molecular weight is 1080 g/mol. The number of hydrogen-bond donors (Lipinski definition) is 5. The monoisotopic (exact) mass is 1080 g/mol. The molecule has 0 aromatic heterocycles. The molecule has 1 aromatic rings. The fourth-order valence-corrected chi connectivity index (χ4v) is 10.4. The average Bonchev–Trinajstić information content (AvgIpc) is 4.08. The number of likely N-dealkylation sites (N-methyl/N-ethyl adjacent to an activating group) is 2. The lowest BCUT2D eigenvalue weighted by Gasteiger charge is -2.36. The predicted octanol–water partition coefficient (Wildman–Crippen LogP) is 2.31. The lowest BCUT2D eigenvalue weighted by Crippen LogP contribution is -2.62. The number of ether oxygens (including phenoxy) is 2. The highest BCUT2D eigenvalue weighted by Gasteiger charge is 2.46. The number of benzene rings is 1. The van der Waals surface area contributed by atoms with Crippen molar-refractivity contribution in [1.82, 2.24) is 35.6 Å². The number of hydrogen-bond acceptors (Lipinski definition) is 14. The topological polar surface area (TPSA) is 279 Å². The number of fused-ring (bicyclic) bond motifs is 1. The molecule has 3 saturated heterocycles. The first-order valence-electron chi connectivity index (χ1n) is 27.5. The van der Waals surface area contributed by atoms with Crippen molar-refractivity contribution in [2.24, 2.45) is 29.6 Å². The van der Waals surface area contributed by atoms with Gasteiger partial charge in [0.1, 0.15) is 48.5 Å². The molecule has 0 saturated carbocycles. The molecule has 0 spiro atoms. The van der Waals surface area contributed by atoms with Gasteiger partial charge < -0.3 is 55.2 Å². The maximum absolute atomic E-state index is 15.0. The number of aliphatic hydroxyl groups excluding tert-OH is 2. The molecule has 430 valence electrons. The zero-order valence-corrected chi connectivity index (χ0v) is 47.5. The van der Waals surface area contributed by atoms with Crippen molar-refractivity contribution < 1.29 is 67.6 Å². The highest BCUT2D eigenvalue weighted by molar-refractivity contribution is 6.05. The number of likely N-dealkylation sites (tertiary alicyclic amines) is 1. The number of esters is 2. The summed E-state index contributed by atoms with van der Waals surface area (Å²) < 4.78 is 11.9. The van der Waals surface area contributed by atoms with Crippen LogP contribution >= 0.6 is 0 Å². The molecular formula is C56H87N7O14. The van der Waals surface area contributed by atoms with Crippen LogP contribution < -0.4 is 16.0 Å². The first kappa shape index (κ1) is 63.6. The fraction of sp³-hybridized carbons (Fsp3) is 0.714. The van der Waals surface area contributed by atoms with Crippen LogP contribution in [0.1, 0.15) is 133 Å².